The quantitative estimate of drug-likeness (QED) is 0.860. The van der Waals surface area contributed by atoms with Crippen molar-refractivity contribution in [1.82, 2.24) is 19.6 Å². The number of aromatic nitrogens is 4. The number of fused-ring (bicyclic) bond motifs is 1. The van der Waals surface area contributed by atoms with Crippen molar-refractivity contribution < 1.29 is 0 Å². The Kier molecular flexibility index (Phi) is 2.77. The van der Waals surface area contributed by atoms with Gasteiger partial charge in [-0.2, -0.15) is 5.10 Å². The normalized spacial score (nSPS) is 18.3. The van der Waals surface area contributed by atoms with Crippen LogP contribution in [0, 0.1) is 5.92 Å². The minimum absolute atomic E-state index is 0.257. The summed E-state index contributed by atoms with van der Waals surface area (Å²) in [5.74, 6) is 1.50. The number of H-pyrrole nitrogens is 1. The van der Waals surface area contributed by atoms with Gasteiger partial charge in [0.15, 0.2) is 5.65 Å². The molecule has 6 nitrogen and oxygen atoms in total. The highest BCUT2D eigenvalue weighted by Crippen LogP contribution is 2.28. The SMILES string of the molecule is CC(Nc1cc2n[nH]c(=O)n2cn1)C1CCCC1. The molecular weight excluding hydrogens is 230 g/mol. The Bertz CT molecular complexity index is 596. The summed E-state index contributed by atoms with van der Waals surface area (Å²) in [6, 6.07) is 2.21. The van der Waals surface area contributed by atoms with Gasteiger partial charge in [-0.1, -0.05) is 12.8 Å². The van der Waals surface area contributed by atoms with Gasteiger partial charge in [0.2, 0.25) is 0 Å². The third kappa shape index (κ3) is 1.98. The van der Waals surface area contributed by atoms with Gasteiger partial charge in [0.25, 0.3) is 0 Å². The van der Waals surface area contributed by atoms with Gasteiger partial charge >= 0.3 is 5.69 Å². The maximum atomic E-state index is 11.3. The lowest BCUT2D eigenvalue weighted by Gasteiger charge is -2.20. The first-order valence-electron chi connectivity index (χ1n) is 6.43. The largest absolute Gasteiger partial charge is 0.367 e. The zero-order valence-corrected chi connectivity index (χ0v) is 10.4. The van der Waals surface area contributed by atoms with Crippen LogP contribution in [0.15, 0.2) is 17.2 Å². The zero-order chi connectivity index (χ0) is 12.5. The van der Waals surface area contributed by atoms with Crippen LogP contribution in [0.2, 0.25) is 0 Å². The molecular formula is C12H17N5O. The average Bonchev–Trinajstić information content (AvgIpc) is 2.99. The maximum absolute atomic E-state index is 11.3. The molecule has 0 radical (unpaired) electrons. The molecule has 0 saturated heterocycles. The summed E-state index contributed by atoms with van der Waals surface area (Å²) >= 11 is 0. The Labute approximate surface area is 104 Å². The molecule has 6 heteroatoms. The number of aromatic amines is 1. The van der Waals surface area contributed by atoms with E-state index < -0.39 is 0 Å². The lowest BCUT2D eigenvalue weighted by molar-refractivity contribution is 0.481. The number of rotatable bonds is 3. The Morgan fingerprint density at radius 1 is 1.50 bits per heavy atom. The Balaban J connectivity index is 1.79. The lowest BCUT2D eigenvalue weighted by atomic mass is 10.00. The van der Waals surface area contributed by atoms with Crippen LogP contribution in [0.25, 0.3) is 5.65 Å². The molecule has 0 aromatic carbocycles. The van der Waals surface area contributed by atoms with Crippen LogP contribution < -0.4 is 11.0 Å². The molecule has 2 N–H and O–H groups in total. The second-order valence-corrected chi connectivity index (χ2v) is 5.01. The number of hydrogen-bond acceptors (Lipinski definition) is 4. The fourth-order valence-corrected chi connectivity index (χ4v) is 2.70. The summed E-state index contributed by atoms with van der Waals surface area (Å²) in [4.78, 5) is 15.5. The van der Waals surface area contributed by atoms with Crippen LogP contribution in [-0.2, 0) is 0 Å². The molecule has 96 valence electrons. The summed E-state index contributed by atoms with van der Waals surface area (Å²) in [6.45, 7) is 2.19. The van der Waals surface area contributed by atoms with Crippen LogP contribution in [0.1, 0.15) is 32.6 Å². The molecule has 1 aliphatic rings. The third-order valence-electron chi connectivity index (χ3n) is 3.79. The van der Waals surface area contributed by atoms with Crippen LogP contribution in [0.4, 0.5) is 5.82 Å². The molecule has 0 bridgehead atoms. The number of anilines is 1. The van der Waals surface area contributed by atoms with E-state index in [0.717, 1.165) is 11.7 Å². The topological polar surface area (TPSA) is 75.1 Å². The predicted molar refractivity (Wildman–Crippen MR) is 68.7 cm³/mol. The Morgan fingerprint density at radius 2 is 2.28 bits per heavy atom. The second-order valence-electron chi connectivity index (χ2n) is 5.01. The Morgan fingerprint density at radius 3 is 3.06 bits per heavy atom. The average molecular weight is 247 g/mol. The first-order valence-corrected chi connectivity index (χ1v) is 6.43. The van der Waals surface area contributed by atoms with E-state index in [1.807, 2.05) is 0 Å². The first kappa shape index (κ1) is 11.3. The molecule has 2 aromatic heterocycles. The molecule has 0 spiro atoms. The smallest absolute Gasteiger partial charge is 0.348 e. The molecule has 18 heavy (non-hydrogen) atoms. The number of hydrogen-bond donors (Lipinski definition) is 2. The van der Waals surface area contributed by atoms with E-state index in [1.54, 1.807) is 6.07 Å². The van der Waals surface area contributed by atoms with Gasteiger partial charge in [-0.25, -0.2) is 19.3 Å². The molecule has 0 amide bonds. The van der Waals surface area contributed by atoms with Crippen LogP contribution in [0.5, 0.6) is 0 Å². The van der Waals surface area contributed by atoms with Crippen molar-refractivity contribution in [3.63, 3.8) is 0 Å². The number of nitrogens with zero attached hydrogens (tertiary/aromatic N) is 3. The summed E-state index contributed by atoms with van der Waals surface area (Å²) < 4.78 is 1.39. The van der Waals surface area contributed by atoms with Gasteiger partial charge < -0.3 is 5.32 Å². The van der Waals surface area contributed by atoms with Gasteiger partial charge in [-0.05, 0) is 25.7 Å². The van der Waals surface area contributed by atoms with Gasteiger partial charge in [-0.15, -0.1) is 0 Å². The van der Waals surface area contributed by atoms with Crippen molar-refractivity contribution >= 4 is 11.5 Å². The third-order valence-corrected chi connectivity index (χ3v) is 3.79. The van der Waals surface area contributed by atoms with E-state index in [1.165, 1.54) is 36.4 Å². The fourth-order valence-electron chi connectivity index (χ4n) is 2.70. The molecule has 2 heterocycles. The highest BCUT2D eigenvalue weighted by Gasteiger charge is 2.21. The standard InChI is InChI=1S/C12H17N5O/c1-8(9-4-2-3-5-9)14-10-6-11-15-16-12(18)17(11)7-13-10/h6-9,14H,2-5H2,1H3,(H,16,18). The molecule has 2 aromatic rings. The molecule has 1 atom stereocenters. The van der Waals surface area contributed by atoms with Crippen molar-refractivity contribution in [2.45, 2.75) is 38.6 Å². The molecule has 0 aliphatic heterocycles. The van der Waals surface area contributed by atoms with E-state index in [0.29, 0.717) is 11.7 Å². The molecule has 1 fully saturated rings. The Hall–Kier alpha value is -1.85. The van der Waals surface area contributed by atoms with E-state index in [9.17, 15) is 4.79 Å². The van der Waals surface area contributed by atoms with E-state index in [2.05, 4.69) is 27.4 Å². The van der Waals surface area contributed by atoms with Crippen LogP contribution in [-0.4, -0.2) is 25.6 Å². The maximum Gasteiger partial charge on any atom is 0.348 e. The highest BCUT2D eigenvalue weighted by molar-refractivity contribution is 5.48. The second kappa shape index (κ2) is 4.44. The van der Waals surface area contributed by atoms with E-state index in [4.69, 9.17) is 0 Å². The van der Waals surface area contributed by atoms with Gasteiger partial charge in [0.05, 0.1) is 0 Å². The molecule has 1 saturated carbocycles. The summed E-state index contributed by atoms with van der Waals surface area (Å²) in [5.41, 5.74) is 0.337. The van der Waals surface area contributed by atoms with Crippen molar-refractivity contribution in [2.24, 2.45) is 5.92 Å². The van der Waals surface area contributed by atoms with Gasteiger partial charge in [-0.3, -0.25) is 0 Å². The zero-order valence-electron chi connectivity index (χ0n) is 10.4. The van der Waals surface area contributed by atoms with Crippen LogP contribution in [0.3, 0.4) is 0 Å². The predicted octanol–water partition coefficient (Wildman–Crippen LogP) is 1.41. The monoisotopic (exact) mass is 247 g/mol. The minimum Gasteiger partial charge on any atom is -0.367 e. The molecule has 1 aliphatic carbocycles. The van der Waals surface area contributed by atoms with Gasteiger partial charge in [0, 0.05) is 12.1 Å². The van der Waals surface area contributed by atoms with E-state index >= 15 is 0 Å². The highest BCUT2D eigenvalue weighted by atomic mass is 16.1. The first-order chi connectivity index (χ1) is 8.74. The molecule has 1 unspecified atom stereocenters. The van der Waals surface area contributed by atoms with Crippen molar-refractivity contribution in [2.75, 3.05) is 5.32 Å². The van der Waals surface area contributed by atoms with E-state index in [-0.39, 0.29) is 5.69 Å². The van der Waals surface area contributed by atoms with Gasteiger partial charge in [0.1, 0.15) is 12.1 Å². The minimum atomic E-state index is -0.257. The van der Waals surface area contributed by atoms with Crippen molar-refractivity contribution in [3.05, 3.63) is 22.9 Å². The summed E-state index contributed by atoms with van der Waals surface area (Å²) in [6.07, 6.45) is 6.75. The lowest BCUT2D eigenvalue weighted by Crippen LogP contribution is -2.24. The number of nitrogens with one attached hydrogen (secondary N) is 2. The molecule has 3 rings (SSSR count). The summed E-state index contributed by atoms with van der Waals surface area (Å²) in [7, 11) is 0. The van der Waals surface area contributed by atoms with Crippen LogP contribution >= 0.6 is 0 Å². The fraction of sp³-hybridized carbons (Fsp3) is 0.583. The summed E-state index contributed by atoms with van der Waals surface area (Å²) in [5, 5.41) is 9.74. The van der Waals surface area contributed by atoms with Crippen molar-refractivity contribution in [3.8, 4) is 0 Å². The van der Waals surface area contributed by atoms with Crippen molar-refractivity contribution in [1.29, 1.82) is 0 Å².